The van der Waals surface area contributed by atoms with Gasteiger partial charge < -0.3 is 5.32 Å². The fourth-order valence-electron chi connectivity index (χ4n) is 0.742. The monoisotopic (exact) mass is 249 g/mol. The van der Waals surface area contributed by atoms with Crippen molar-refractivity contribution in [3.63, 3.8) is 0 Å². The largest absolute Gasteiger partial charge is 0.316 e. The van der Waals surface area contributed by atoms with Crippen molar-refractivity contribution in [2.75, 3.05) is 13.6 Å². The molecule has 0 amide bonds. The highest BCUT2D eigenvalue weighted by atomic mass is 79.9. The third-order valence-electron chi connectivity index (χ3n) is 1.17. The van der Waals surface area contributed by atoms with Crippen LogP contribution in [-0.4, -0.2) is 13.6 Å². The summed E-state index contributed by atoms with van der Waals surface area (Å²) >= 11 is 9.03. The maximum atomic E-state index is 5.88. The molecule has 0 saturated carbocycles. The van der Waals surface area contributed by atoms with Gasteiger partial charge in [0.15, 0.2) is 0 Å². The molecule has 0 aliphatic rings. The van der Waals surface area contributed by atoms with Crippen LogP contribution in [0.25, 0.3) is 0 Å². The lowest BCUT2D eigenvalue weighted by Crippen LogP contribution is -2.08. The van der Waals surface area contributed by atoms with Crippen molar-refractivity contribution in [3.8, 4) is 0 Å². The quantitative estimate of drug-likeness (QED) is 0.756. The average Bonchev–Trinajstić information content (AvgIpc) is 2.01. The molecule has 0 radical (unpaired) electrons. The second-order valence-corrected chi connectivity index (χ2v) is 3.36. The molecular weight excluding hydrogens is 237 g/mol. The van der Waals surface area contributed by atoms with Crippen LogP contribution < -0.4 is 5.32 Å². The Hall–Kier alpha value is -0.0500. The van der Waals surface area contributed by atoms with E-state index in [4.69, 9.17) is 11.6 Å². The van der Waals surface area contributed by atoms with Crippen LogP contribution in [0, 0.1) is 0 Å². The van der Waals surface area contributed by atoms with Crippen LogP contribution >= 0.6 is 27.5 Å². The topological polar surface area (TPSA) is 12.0 Å². The van der Waals surface area contributed by atoms with Crippen LogP contribution in [-0.2, 0) is 0 Å². The Morgan fingerprint density at radius 1 is 1.58 bits per heavy atom. The van der Waals surface area contributed by atoms with Crippen LogP contribution in [0.3, 0.4) is 0 Å². The molecule has 68 valence electrons. The molecule has 12 heavy (non-hydrogen) atoms. The van der Waals surface area contributed by atoms with E-state index in [-0.39, 0.29) is 0 Å². The molecule has 0 atom stereocenters. The van der Waals surface area contributed by atoms with Gasteiger partial charge in [-0.25, -0.2) is 0 Å². The summed E-state index contributed by atoms with van der Waals surface area (Å²) in [6, 6.07) is 0. The molecule has 0 unspecified atom stereocenters. The summed E-state index contributed by atoms with van der Waals surface area (Å²) in [5.41, 5.74) is 1.21. The zero-order valence-electron chi connectivity index (χ0n) is 7.27. The second kappa shape index (κ2) is 7.59. The predicted molar refractivity (Wildman–Crippen MR) is 59.7 cm³/mol. The van der Waals surface area contributed by atoms with Gasteiger partial charge in [-0.05, 0) is 31.1 Å². The Balaban J connectivity index is 4.12. The Morgan fingerprint density at radius 3 is 2.75 bits per heavy atom. The first-order valence-electron chi connectivity index (χ1n) is 3.65. The second-order valence-electron chi connectivity index (χ2n) is 2.39. The first-order valence-corrected chi connectivity index (χ1v) is 4.94. The summed E-state index contributed by atoms with van der Waals surface area (Å²) in [6.45, 7) is 2.90. The third kappa shape index (κ3) is 6.65. The summed E-state index contributed by atoms with van der Waals surface area (Å²) in [7, 11) is 1.91. The van der Waals surface area contributed by atoms with Crippen molar-refractivity contribution >= 4 is 27.5 Å². The fourth-order valence-corrected chi connectivity index (χ4v) is 1.15. The van der Waals surface area contributed by atoms with Crippen molar-refractivity contribution in [3.05, 3.63) is 33.8 Å². The molecule has 0 aromatic carbocycles. The third-order valence-corrected chi connectivity index (χ3v) is 1.71. The van der Waals surface area contributed by atoms with E-state index in [0.29, 0.717) is 0 Å². The smallest absolute Gasteiger partial charge is 0.0406 e. The lowest BCUT2D eigenvalue weighted by molar-refractivity contribution is 0.880. The number of hydrogen-bond acceptors (Lipinski definition) is 1. The van der Waals surface area contributed by atoms with Gasteiger partial charge in [0.2, 0.25) is 0 Å². The Kier molecular flexibility index (Phi) is 7.56. The van der Waals surface area contributed by atoms with Gasteiger partial charge in [0.1, 0.15) is 0 Å². The number of halogens is 2. The van der Waals surface area contributed by atoms with Crippen molar-refractivity contribution in [2.45, 2.75) is 6.92 Å². The van der Waals surface area contributed by atoms with Crippen molar-refractivity contribution in [1.29, 1.82) is 0 Å². The normalized spacial score (nSPS) is 14.3. The number of nitrogens with one attached hydrogen (secondary N) is 1. The summed E-state index contributed by atoms with van der Waals surface area (Å²) in [5.74, 6) is 0. The Labute approximate surface area is 87.3 Å². The maximum absolute atomic E-state index is 5.88. The fraction of sp³-hybridized carbons (Fsp3) is 0.333. The summed E-state index contributed by atoms with van der Waals surface area (Å²) in [6.07, 6.45) is 5.60. The van der Waals surface area contributed by atoms with Gasteiger partial charge in [0, 0.05) is 11.6 Å². The van der Waals surface area contributed by atoms with Gasteiger partial charge >= 0.3 is 0 Å². The summed E-state index contributed by atoms with van der Waals surface area (Å²) < 4.78 is 0. The van der Waals surface area contributed by atoms with Crippen molar-refractivity contribution in [2.24, 2.45) is 0 Å². The van der Waals surface area contributed by atoms with Crippen LogP contribution in [0.4, 0.5) is 0 Å². The average molecular weight is 251 g/mol. The highest BCUT2D eigenvalue weighted by Crippen LogP contribution is 2.07. The zero-order chi connectivity index (χ0) is 9.40. The molecule has 0 heterocycles. The Morgan fingerprint density at radius 2 is 2.25 bits per heavy atom. The SMILES string of the molecule is CNC/C(C)=C/C(Cl)=C\C=C\Br. The number of allylic oxidation sites excluding steroid dienone is 4. The van der Waals surface area contributed by atoms with Crippen LogP contribution in [0.5, 0.6) is 0 Å². The summed E-state index contributed by atoms with van der Waals surface area (Å²) in [5, 5.41) is 3.78. The lowest BCUT2D eigenvalue weighted by atomic mass is 10.2. The minimum atomic E-state index is 0.735. The van der Waals surface area contributed by atoms with Gasteiger partial charge in [-0.1, -0.05) is 39.2 Å². The molecule has 0 aliphatic heterocycles. The molecule has 1 N–H and O–H groups in total. The van der Waals surface area contributed by atoms with Crippen molar-refractivity contribution < 1.29 is 0 Å². The first kappa shape index (κ1) is 11.9. The van der Waals surface area contributed by atoms with E-state index in [2.05, 4.69) is 21.2 Å². The highest BCUT2D eigenvalue weighted by Gasteiger charge is 1.88. The Bertz CT molecular complexity index is 207. The highest BCUT2D eigenvalue weighted by molar-refractivity contribution is 9.11. The van der Waals surface area contributed by atoms with Crippen LogP contribution in [0.2, 0.25) is 0 Å². The van der Waals surface area contributed by atoms with Gasteiger partial charge in [-0.2, -0.15) is 0 Å². The minimum absolute atomic E-state index is 0.735. The van der Waals surface area contributed by atoms with E-state index in [0.717, 1.165) is 11.6 Å². The van der Waals surface area contributed by atoms with Crippen LogP contribution in [0.1, 0.15) is 6.92 Å². The first-order chi connectivity index (χ1) is 5.70. The van der Waals surface area contributed by atoms with E-state index in [1.165, 1.54) is 5.57 Å². The van der Waals surface area contributed by atoms with E-state index < -0.39 is 0 Å². The van der Waals surface area contributed by atoms with Crippen LogP contribution in [0.15, 0.2) is 33.8 Å². The number of rotatable bonds is 4. The molecule has 0 spiro atoms. The van der Waals surface area contributed by atoms with E-state index >= 15 is 0 Å². The summed E-state index contributed by atoms with van der Waals surface area (Å²) in [4.78, 5) is 1.76. The molecule has 0 rings (SSSR count). The van der Waals surface area contributed by atoms with Gasteiger partial charge in [-0.15, -0.1) is 0 Å². The molecule has 0 fully saturated rings. The van der Waals surface area contributed by atoms with E-state index in [1.54, 1.807) is 4.99 Å². The number of likely N-dealkylation sites (N-methyl/N-ethyl adjacent to an activating group) is 1. The maximum Gasteiger partial charge on any atom is 0.0406 e. The molecule has 0 bridgehead atoms. The van der Waals surface area contributed by atoms with Gasteiger partial charge in [0.25, 0.3) is 0 Å². The zero-order valence-corrected chi connectivity index (χ0v) is 9.61. The van der Waals surface area contributed by atoms with E-state index in [9.17, 15) is 0 Å². The van der Waals surface area contributed by atoms with Gasteiger partial charge in [-0.3, -0.25) is 0 Å². The molecular formula is C9H13BrClN. The molecule has 1 nitrogen and oxygen atoms in total. The lowest BCUT2D eigenvalue weighted by Gasteiger charge is -1.97. The standard InChI is InChI=1S/C9H13BrClN/c1-8(7-12-2)6-9(11)4-3-5-10/h3-6,12H,7H2,1-2H3/b5-3+,8-6+,9-4+. The predicted octanol–water partition coefficient (Wildman–Crippen LogP) is 3.18. The molecule has 3 heteroatoms. The van der Waals surface area contributed by atoms with Gasteiger partial charge in [0.05, 0.1) is 0 Å². The molecule has 0 aromatic rings. The number of hydrogen-bond donors (Lipinski definition) is 1. The minimum Gasteiger partial charge on any atom is -0.316 e. The molecule has 0 saturated heterocycles. The van der Waals surface area contributed by atoms with E-state index in [1.807, 2.05) is 32.2 Å². The van der Waals surface area contributed by atoms with Crippen molar-refractivity contribution in [1.82, 2.24) is 5.32 Å². The molecule has 0 aliphatic carbocycles. The molecule has 0 aromatic heterocycles.